The first-order chi connectivity index (χ1) is 15.5. The number of ether oxygens (including phenoxy) is 1. The lowest BCUT2D eigenvalue weighted by atomic mass is 9.94. The van der Waals surface area contributed by atoms with Crippen LogP contribution in [-0.4, -0.2) is 54.2 Å². The van der Waals surface area contributed by atoms with Gasteiger partial charge >= 0.3 is 12.1 Å². The van der Waals surface area contributed by atoms with Crippen molar-refractivity contribution in [3.8, 4) is 11.1 Å². The minimum Gasteiger partial charge on any atom is -0.481 e. The molecule has 7 heteroatoms. The fourth-order valence-electron chi connectivity index (χ4n) is 4.78. The second-order valence-corrected chi connectivity index (χ2v) is 8.45. The third-order valence-corrected chi connectivity index (χ3v) is 6.29. The van der Waals surface area contributed by atoms with Crippen molar-refractivity contribution in [1.82, 2.24) is 10.2 Å². The number of alkyl carbamates (subject to hydrolysis) is 1. The summed E-state index contributed by atoms with van der Waals surface area (Å²) >= 11 is 0. The van der Waals surface area contributed by atoms with Gasteiger partial charge in [-0.2, -0.15) is 0 Å². The second kappa shape index (κ2) is 9.85. The molecule has 0 saturated carbocycles. The summed E-state index contributed by atoms with van der Waals surface area (Å²) in [6, 6.07) is 16.3. The van der Waals surface area contributed by atoms with Crippen LogP contribution in [0.5, 0.6) is 0 Å². The number of carbonyl (C=O) groups excluding carboxylic acids is 2. The van der Waals surface area contributed by atoms with Gasteiger partial charge in [0.2, 0.25) is 5.91 Å². The molecule has 0 aromatic heterocycles. The topological polar surface area (TPSA) is 95.9 Å². The minimum atomic E-state index is -0.832. The highest BCUT2D eigenvalue weighted by Gasteiger charge is 2.29. The molecule has 1 aliphatic carbocycles. The molecule has 4 rings (SSSR count). The number of hydrogen-bond donors (Lipinski definition) is 2. The van der Waals surface area contributed by atoms with Crippen LogP contribution in [0.2, 0.25) is 0 Å². The molecule has 0 spiro atoms. The summed E-state index contributed by atoms with van der Waals surface area (Å²) in [7, 11) is 0. The zero-order valence-corrected chi connectivity index (χ0v) is 18.0. The van der Waals surface area contributed by atoms with Gasteiger partial charge in [-0.1, -0.05) is 48.5 Å². The van der Waals surface area contributed by atoms with Gasteiger partial charge in [0.15, 0.2) is 0 Å². The molecule has 2 aromatic rings. The number of piperidine rings is 1. The van der Waals surface area contributed by atoms with Crippen molar-refractivity contribution in [3.05, 3.63) is 59.7 Å². The maximum atomic E-state index is 12.4. The summed E-state index contributed by atoms with van der Waals surface area (Å²) in [5, 5.41) is 11.6. The van der Waals surface area contributed by atoms with Crippen LogP contribution in [0.15, 0.2) is 48.5 Å². The van der Waals surface area contributed by atoms with E-state index in [0.29, 0.717) is 13.1 Å². The molecule has 2 N–H and O–H groups in total. The first-order valence-electron chi connectivity index (χ1n) is 11.1. The number of nitrogens with zero attached hydrogens (tertiary/aromatic N) is 1. The highest BCUT2D eigenvalue weighted by atomic mass is 16.5. The number of rotatable bonds is 7. The van der Waals surface area contributed by atoms with Crippen LogP contribution < -0.4 is 5.32 Å². The van der Waals surface area contributed by atoms with Gasteiger partial charge < -0.3 is 20.1 Å². The maximum Gasteiger partial charge on any atom is 0.407 e. The van der Waals surface area contributed by atoms with E-state index in [2.05, 4.69) is 29.6 Å². The predicted molar refractivity (Wildman–Crippen MR) is 119 cm³/mol. The Kier molecular flexibility index (Phi) is 6.73. The normalized spacial score (nSPS) is 17.4. The molecule has 0 radical (unpaired) electrons. The van der Waals surface area contributed by atoms with Crippen LogP contribution in [0.25, 0.3) is 11.1 Å². The molecule has 2 aliphatic rings. The van der Waals surface area contributed by atoms with Gasteiger partial charge in [0, 0.05) is 38.4 Å². The Balaban J connectivity index is 1.24. The van der Waals surface area contributed by atoms with Crippen LogP contribution in [-0.2, 0) is 14.3 Å². The second-order valence-electron chi connectivity index (χ2n) is 8.45. The third-order valence-electron chi connectivity index (χ3n) is 6.29. The van der Waals surface area contributed by atoms with Gasteiger partial charge in [-0.3, -0.25) is 9.59 Å². The van der Waals surface area contributed by atoms with Gasteiger partial charge in [-0.15, -0.1) is 0 Å². The van der Waals surface area contributed by atoms with E-state index in [1.54, 1.807) is 4.90 Å². The molecule has 0 bridgehead atoms. The van der Waals surface area contributed by atoms with Crippen molar-refractivity contribution in [2.75, 3.05) is 26.2 Å². The number of carbonyl (C=O) groups is 3. The smallest absolute Gasteiger partial charge is 0.407 e. The lowest BCUT2D eigenvalue weighted by Gasteiger charge is -2.32. The van der Waals surface area contributed by atoms with Crippen molar-refractivity contribution in [3.63, 3.8) is 0 Å². The van der Waals surface area contributed by atoms with Crippen molar-refractivity contribution in [2.24, 2.45) is 5.92 Å². The van der Waals surface area contributed by atoms with Crippen LogP contribution in [0.4, 0.5) is 4.79 Å². The third kappa shape index (κ3) is 4.93. The first-order valence-corrected chi connectivity index (χ1v) is 11.1. The van der Waals surface area contributed by atoms with Crippen molar-refractivity contribution in [1.29, 1.82) is 0 Å². The molecular weight excluding hydrogens is 408 g/mol. The van der Waals surface area contributed by atoms with E-state index >= 15 is 0 Å². The number of carboxylic acids is 1. The summed E-state index contributed by atoms with van der Waals surface area (Å²) < 4.78 is 5.49. The average Bonchev–Trinajstić information content (AvgIpc) is 3.11. The Labute approximate surface area is 187 Å². The molecule has 1 unspecified atom stereocenters. The zero-order valence-electron chi connectivity index (χ0n) is 18.0. The van der Waals surface area contributed by atoms with Gasteiger partial charge in [0.1, 0.15) is 6.61 Å². The van der Waals surface area contributed by atoms with Crippen LogP contribution >= 0.6 is 0 Å². The van der Waals surface area contributed by atoms with Crippen LogP contribution in [0.1, 0.15) is 42.7 Å². The minimum absolute atomic E-state index is 0.000270. The predicted octanol–water partition coefficient (Wildman–Crippen LogP) is 3.63. The SMILES string of the molecule is O=C(O)CC1CCCN(C(=O)CCNC(=O)OCC2c3ccccc3-c3ccccc32)C1. The lowest BCUT2D eigenvalue weighted by molar-refractivity contribution is -0.140. The van der Waals surface area contributed by atoms with E-state index in [-0.39, 0.29) is 43.7 Å². The number of aliphatic carboxylic acids is 1. The molecule has 32 heavy (non-hydrogen) atoms. The molecule has 7 nitrogen and oxygen atoms in total. The van der Waals surface area contributed by atoms with E-state index < -0.39 is 12.1 Å². The number of amides is 2. The Morgan fingerprint density at radius 1 is 1.03 bits per heavy atom. The molecule has 1 heterocycles. The van der Waals surface area contributed by atoms with Crippen LogP contribution in [0.3, 0.4) is 0 Å². The van der Waals surface area contributed by atoms with E-state index in [4.69, 9.17) is 9.84 Å². The highest BCUT2D eigenvalue weighted by Crippen LogP contribution is 2.44. The molecule has 1 atom stereocenters. The van der Waals surface area contributed by atoms with Gasteiger partial charge in [0.05, 0.1) is 0 Å². The fraction of sp³-hybridized carbons (Fsp3) is 0.400. The van der Waals surface area contributed by atoms with Gasteiger partial charge in [-0.25, -0.2) is 4.79 Å². The van der Waals surface area contributed by atoms with E-state index in [1.165, 1.54) is 11.1 Å². The molecule has 2 amide bonds. The van der Waals surface area contributed by atoms with Crippen LogP contribution in [0, 0.1) is 5.92 Å². The monoisotopic (exact) mass is 436 g/mol. The van der Waals surface area contributed by atoms with Crippen molar-refractivity contribution < 1.29 is 24.2 Å². The first kappa shape index (κ1) is 21.9. The largest absolute Gasteiger partial charge is 0.481 e. The molecule has 2 aromatic carbocycles. The van der Waals surface area contributed by atoms with E-state index in [9.17, 15) is 14.4 Å². The maximum absolute atomic E-state index is 12.4. The summed E-state index contributed by atoms with van der Waals surface area (Å²) in [6.07, 6.45) is 1.35. The molecule has 168 valence electrons. The number of likely N-dealkylation sites (tertiary alicyclic amines) is 1. The highest BCUT2D eigenvalue weighted by molar-refractivity contribution is 5.79. The van der Waals surface area contributed by atoms with Crippen molar-refractivity contribution in [2.45, 2.75) is 31.6 Å². The summed E-state index contributed by atoms with van der Waals surface area (Å²) in [6.45, 7) is 1.53. The van der Waals surface area contributed by atoms with Gasteiger partial charge in [0.25, 0.3) is 0 Å². The summed E-state index contributed by atoms with van der Waals surface area (Å²) in [4.78, 5) is 37.3. The number of nitrogens with one attached hydrogen (secondary N) is 1. The standard InChI is InChI=1S/C25H28N2O5/c28-23(27-13-5-6-17(15-27)14-24(29)30)11-12-26-25(31)32-16-22-20-9-3-1-7-18(20)19-8-2-4-10-21(19)22/h1-4,7-10,17,22H,5-6,11-16H2,(H,26,31)(H,29,30). The number of fused-ring (bicyclic) bond motifs is 3. The lowest BCUT2D eigenvalue weighted by Crippen LogP contribution is -2.41. The number of hydrogen-bond acceptors (Lipinski definition) is 4. The Morgan fingerprint density at radius 3 is 2.34 bits per heavy atom. The fourth-order valence-corrected chi connectivity index (χ4v) is 4.78. The average molecular weight is 437 g/mol. The Hall–Kier alpha value is -3.35. The zero-order chi connectivity index (χ0) is 22.5. The molecular formula is C25H28N2O5. The molecule has 1 aliphatic heterocycles. The van der Waals surface area contributed by atoms with E-state index in [0.717, 1.165) is 24.0 Å². The molecule has 1 fully saturated rings. The summed E-state index contributed by atoms with van der Waals surface area (Å²) in [5.74, 6) is -0.908. The summed E-state index contributed by atoms with van der Waals surface area (Å²) in [5.41, 5.74) is 4.64. The Bertz CT molecular complexity index is 960. The quantitative estimate of drug-likeness (QED) is 0.691. The molecule has 1 saturated heterocycles. The van der Waals surface area contributed by atoms with Gasteiger partial charge in [-0.05, 0) is 41.0 Å². The number of benzene rings is 2. The Morgan fingerprint density at radius 2 is 1.69 bits per heavy atom. The van der Waals surface area contributed by atoms with Crippen molar-refractivity contribution >= 4 is 18.0 Å². The van der Waals surface area contributed by atoms with E-state index in [1.807, 2.05) is 24.3 Å². The number of carboxylic acid groups (broad SMARTS) is 1.